The van der Waals surface area contributed by atoms with E-state index in [1.807, 2.05) is 30.3 Å². The zero-order valence-corrected chi connectivity index (χ0v) is 13.4. The second kappa shape index (κ2) is 7.75. The Kier molecular flexibility index (Phi) is 5.03. The van der Waals surface area contributed by atoms with Crippen molar-refractivity contribution in [2.24, 2.45) is 0 Å². The summed E-state index contributed by atoms with van der Waals surface area (Å²) in [6.07, 6.45) is 7.49. The molecule has 0 fully saturated rings. The normalized spacial score (nSPS) is 10.5. The van der Waals surface area contributed by atoms with Crippen molar-refractivity contribution in [3.63, 3.8) is 0 Å². The number of anilines is 1. The van der Waals surface area contributed by atoms with Gasteiger partial charge >= 0.3 is 0 Å². The van der Waals surface area contributed by atoms with Crippen LogP contribution in [0.4, 0.5) is 5.69 Å². The number of nitriles is 1. The molecule has 1 aromatic heterocycles. The standard InChI is InChI=1S/C20H16N4O/c21-12-17-2-1-3-18(11-17)24-20(25)9-8-15-4-6-16(7-5-15)10-19-13-22-14-23-19/h1-9,11,13-14H,10H2,(H,22,23)(H,24,25)/b9-8+. The minimum atomic E-state index is -0.239. The number of aromatic amines is 1. The van der Waals surface area contributed by atoms with Crippen LogP contribution in [-0.2, 0) is 11.2 Å². The quantitative estimate of drug-likeness (QED) is 0.703. The Morgan fingerprint density at radius 2 is 2.08 bits per heavy atom. The molecule has 0 spiro atoms. The van der Waals surface area contributed by atoms with Crippen LogP contribution in [0.25, 0.3) is 6.08 Å². The summed E-state index contributed by atoms with van der Waals surface area (Å²) in [7, 11) is 0. The number of hydrogen-bond donors (Lipinski definition) is 2. The highest BCUT2D eigenvalue weighted by Gasteiger charge is 2.00. The number of nitrogens with zero attached hydrogens (tertiary/aromatic N) is 2. The van der Waals surface area contributed by atoms with Crippen molar-refractivity contribution in [1.29, 1.82) is 5.26 Å². The fraction of sp³-hybridized carbons (Fsp3) is 0.0500. The molecule has 2 N–H and O–H groups in total. The summed E-state index contributed by atoms with van der Waals surface area (Å²) >= 11 is 0. The first-order valence-electron chi connectivity index (χ1n) is 7.78. The number of aromatic nitrogens is 2. The average molecular weight is 328 g/mol. The molecule has 0 saturated carbocycles. The van der Waals surface area contributed by atoms with Gasteiger partial charge < -0.3 is 10.3 Å². The maximum absolute atomic E-state index is 12.0. The van der Waals surface area contributed by atoms with Gasteiger partial charge in [0.25, 0.3) is 0 Å². The summed E-state index contributed by atoms with van der Waals surface area (Å²) in [5.41, 5.74) is 4.27. The summed E-state index contributed by atoms with van der Waals surface area (Å²) in [4.78, 5) is 19.0. The van der Waals surface area contributed by atoms with Gasteiger partial charge in [-0.05, 0) is 35.4 Å². The van der Waals surface area contributed by atoms with Gasteiger partial charge in [-0.3, -0.25) is 4.79 Å². The predicted octanol–water partition coefficient (Wildman–Crippen LogP) is 3.52. The fourth-order valence-corrected chi connectivity index (χ4v) is 2.37. The lowest BCUT2D eigenvalue weighted by atomic mass is 10.1. The second-order valence-electron chi connectivity index (χ2n) is 5.51. The van der Waals surface area contributed by atoms with E-state index >= 15 is 0 Å². The second-order valence-corrected chi connectivity index (χ2v) is 5.51. The molecule has 0 bridgehead atoms. The third-order valence-corrected chi connectivity index (χ3v) is 3.62. The number of carbonyl (C=O) groups excluding carboxylic acids is 1. The highest BCUT2D eigenvalue weighted by atomic mass is 16.1. The van der Waals surface area contributed by atoms with Gasteiger partial charge in [0.1, 0.15) is 0 Å². The third kappa shape index (κ3) is 4.66. The Hall–Kier alpha value is -3.65. The van der Waals surface area contributed by atoms with Crippen LogP contribution in [-0.4, -0.2) is 15.9 Å². The Balaban J connectivity index is 1.59. The highest BCUT2D eigenvalue weighted by molar-refractivity contribution is 6.02. The van der Waals surface area contributed by atoms with Crippen molar-refractivity contribution in [3.8, 4) is 6.07 Å². The van der Waals surface area contributed by atoms with Gasteiger partial charge in [-0.1, -0.05) is 30.3 Å². The van der Waals surface area contributed by atoms with Crippen molar-refractivity contribution in [2.75, 3.05) is 5.32 Å². The summed E-state index contributed by atoms with van der Waals surface area (Å²) < 4.78 is 0. The van der Waals surface area contributed by atoms with Crippen molar-refractivity contribution in [1.82, 2.24) is 9.97 Å². The van der Waals surface area contributed by atoms with Crippen molar-refractivity contribution in [2.45, 2.75) is 6.42 Å². The van der Waals surface area contributed by atoms with E-state index in [0.29, 0.717) is 11.3 Å². The van der Waals surface area contributed by atoms with Crippen molar-refractivity contribution < 1.29 is 4.79 Å². The van der Waals surface area contributed by atoms with Gasteiger partial charge in [0.05, 0.1) is 18.0 Å². The number of imidazole rings is 1. The third-order valence-electron chi connectivity index (χ3n) is 3.62. The van der Waals surface area contributed by atoms with Crippen LogP contribution in [0, 0.1) is 11.3 Å². The summed E-state index contributed by atoms with van der Waals surface area (Å²) in [5.74, 6) is -0.239. The molecule has 1 amide bonds. The maximum Gasteiger partial charge on any atom is 0.248 e. The van der Waals surface area contributed by atoms with Crippen LogP contribution in [0.3, 0.4) is 0 Å². The van der Waals surface area contributed by atoms with Gasteiger partial charge in [-0.25, -0.2) is 4.98 Å². The summed E-state index contributed by atoms with van der Waals surface area (Å²) in [5, 5.41) is 11.6. The van der Waals surface area contributed by atoms with E-state index in [9.17, 15) is 4.79 Å². The molecular formula is C20H16N4O. The van der Waals surface area contributed by atoms with Gasteiger partial charge in [-0.2, -0.15) is 5.26 Å². The Bertz CT molecular complexity index is 919. The van der Waals surface area contributed by atoms with Crippen LogP contribution >= 0.6 is 0 Å². The molecule has 0 atom stereocenters. The van der Waals surface area contributed by atoms with Crippen LogP contribution in [0.1, 0.15) is 22.4 Å². The molecule has 122 valence electrons. The molecule has 5 heteroatoms. The maximum atomic E-state index is 12.0. The number of carbonyl (C=O) groups is 1. The molecule has 0 aliphatic rings. The molecule has 5 nitrogen and oxygen atoms in total. The summed E-state index contributed by atoms with van der Waals surface area (Å²) in [6.45, 7) is 0. The van der Waals surface area contributed by atoms with E-state index in [0.717, 1.165) is 17.7 Å². The van der Waals surface area contributed by atoms with Crippen molar-refractivity contribution >= 4 is 17.7 Å². The number of benzene rings is 2. The molecule has 2 aromatic carbocycles. The SMILES string of the molecule is N#Cc1cccc(NC(=O)/C=C/c2ccc(Cc3cnc[nH]3)cc2)c1. The molecule has 3 aromatic rings. The van der Waals surface area contributed by atoms with Gasteiger partial charge in [0.15, 0.2) is 0 Å². The molecular weight excluding hydrogens is 312 g/mol. The molecule has 0 unspecified atom stereocenters. The lowest BCUT2D eigenvalue weighted by Gasteiger charge is -2.02. The first-order chi connectivity index (χ1) is 12.2. The van der Waals surface area contributed by atoms with E-state index in [2.05, 4.69) is 15.3 Å². The Morgan fingerprint density at radius 1 is 1.24 bits per heavy atom. The topological polar surface area (TPSA) is 81.6 Å². The van der Waals surface area contributed by atoms with Crippen LogP contribution in [0.2, 0.25) is 0 Å². The molecule has 0 aliphatic heterocycles. The van der Waals surface area contributed by atoms with Crippen molar-refractivity contribution in [3.05, 3.63) is 89.5 Å². The van der Waals surface area contributed by atoms with Crippen LogP contribution < -0.4 is 5.32 Å². The average Bonchev–Trinajstić information content (AvgIpc) is 3.14. The largest absolute Gasteiger partial charge is 0.348 e. The van der Waals surface area contributed by atoms with E-state index in [-0.39, 0.29) is 5.91 Å². The first-order valence-corrected chi connectivity index (χ1v) is 7.78. The monoisotopic (exact) mass is 328 g/mol. The number of H-pyrrole nitrogens is 1. The van der Waals surface area contributed by atoms with E-state index in [1.54, 1.807) is 42.9 Å². The fourth-order valence-electron chi connectivity index (χ4n) is 2.37. The molecule has 3 rings (SSSR count). The van der Waals surface area contributed by atoms with Gasteiger partial charge in [0.2, 0.25) is 5.91 Å². The van der Waals surface area contributed by atoms with Crippen LogP contribution in [0.15, 0.2) is 67.1 Å². The lowest BCUT2D eigenvalue weighted by molar-refractivity contribution is -0.111. The number of rotatable bonds is 5. The first kappa shape index (κ1) is 16.2. The molecule has 0 radical (unpaired) electrons. The Labute approximate surface area is 145 Å². The minimum Gasteiger partial charge on any atom is -0.348 e. The number of amides is 1. The predicted molar refractivity (Wildman–Crippen MR) is 96.7 cm³/mol. The highest BCUT2D eigenvalue weighted by Crippen LogP contribution is 2.12. The van der Waals surface area contributed by atoms with E-state index in [4.69, 9.17) is 5.26 Å². The lowest BCUT2D eigenvalue weighted by Crippen LogP contribution is -2.07. The smallest absolute Gasteiger partial charge is 0.248 e. The zero-order chi connectivity index (χ0) is 17.5. The molecule has 0 aliphatic carbocycles. The van der Waals surface area contributed by atoms with Gasteiger partial charge in [-0.15, -0.1) is 0 Å². The number of hydrogen-bond acceptors (Lipinski definition) is 3. The number of nitrogens with one attached hydrogen (secondary N) is 2. The van der Waals surface area contributed by atoms with E-state index < -0.39 is 0 Å². The van der Waals surface area contributed by atoms with E-state index in [1.165, 1.54) is 11.6 Å². The van der Waals surface area contributed by atoms with Gasteiger partial charge in [0, 0.05) is 30.1 Å². The van der Waals surface area contributed by atoms with Crippen LogP contribution in [0.5, 0.6) is 0 Å². The molecule has 0 saturated heterocycles. The molecule has 1 heterocycles. The minimum absolute atomic E-state index is 0.239. The Morgan fingerprint density at radius 3 is 2.80 bits per heavy atom. The molecule has 25 heavy (non-hydrogen) atoms. The summed E-state index contributed by atoms with van der Waals surface area (Å²) in [6, 6.07) is 16.8. The zero-order valence-electron chi connectivity index (χ0n) is 13.4.